The monoisotopic (exact) mass is 280 g/mol. The molecule has 0 aromatic heterocycles. The Morgan fingerprint density at radius 2 is 1.95 bits per heavy atom. The molecule has 5 atom stereocenters. The molecular weight excluding hydrogens is 260 g/mol. The quantitative estimate of drug-likeness (QED) is 0.656. The number of aliphatic hydroxyl groups excluding tert-OH is 1. The van der Waals surface area contributed by atoms with Crippen molar-refractivity contribution >= 4 is 11.8 Å². The molecule has 3 aliphatic rings. The van der Waals surface area contributed by atoms with Crippen LogP contribution in [0.4, 0.5) is 0 Å². The zero-order valence-electron chi connectivity index (χ0n) is 11.8. The van der Waals surface area contributed by atoms with Crippen molar-refractivity contribution in [3.63, 3.8) is 0 Å². The van der Waals surface area contributed by atoms with Crippen LogP contribution >= 0.6 is 0 Å². The van der Waals surface area contributed by atoms with Crippen molar-refractivity contribution in [1.29, 1.82) is 0 Å². The Kier molecular flexibility index (Phi) is 3.60. The van der Waals surface area contributed by atoms with Crippen molar-refractivity contribution in [2.75, 3.05) is 0 Å². The van der Waals surface area contributed by atoms with Crippen LogP contribution in [0.1, 0.15) is 27.2 Å². The van der Waals surface area contributed by atoms with E-state index in [1.54, 1.807) is 13.0 Å². The summed E-state index contributed by atoms with van der Waals surface area (Å²) in [7, 11) is 0. The molecule has 1 fully saturated rings. The summed E-state index contributed by atoms with van der Waals surface area (Å²) in [5.41, 5.74) is 2.59. The molecule has 1 saturated heterocycles. The van der Waals surface area contributed by atoms with Crippen LogP contribution in [0.5, 0.6) is 0 Å². The summed E-state index contributed by atoms with van der Waals surface area (Å²) in [4.78, 5) is 23.9. The number of carbonyl (C=O) groups excluding carboxylic acids is 2. The van der Waals surface area contributed by atoms with Gasteiger partial charge < -0.3 is 15.3 Å². The first kappa shape index (κ1) is 14.9. The van der Waals surface area contributed by atoms with Crippen LogP contribution in [-0.4, -0.2) is 34.5 Å². The molecule has 1 heterocycles. The summed E-state index contributed by atoms with van der Waals surface area (Å²) < 4.78 is 5.48. The van der Waals surface area contributed by atoms with Gasteiger partial charge >= 0.3 is 5.97 Å². The Morgan fingerprint density at radius 1 is 1.30 bits per heavy atom. The third kappa shape index (κ3) is 1.84. The van der Waals surface area contributed by atoms with Crippen molar-refractivity contribution in [3.05, 3.63) is 22.8 Å². The minimum atomic E-state index is -0.620. The van der Waals surface area contributed by atoms with E-state index in [0.29, 0.717) is 6.42 Å². The summed E-state index contributed by atoms with van der Waals surface area (Å²) in [5.74, 6) is -0.957. The highest BCUT2D eigenvalue weighted by atomic mass is 16.6. The molecule has 0 radical (unpaired) electrons. The predicted molar refractivity (Wildman–Crippen MR) is 71.7 cm³/mol. The number of fused-ring (bicyclic) bond motifs is 3. The molecule has 0 aromatic carbocycles. The van der Waals surface area contributed by atoms with E-state index < -0.39 is 12.2 Å². The Hall–Kier alpha value is -1.46. The van der Waals surface area contributed by atoms with E-state index in [9.17, 15) is 14.7 Å². The van der Waals surface area contributed by atoms with Gasteiger partial charge in [0.15, 0.2) is 5.78 Å². The molecule has 5 unspecified atom stereocenters. The largest absolute Gasteiger partial charge is 0.461 e. The van der Waals surface area contributed by atoms with Crippen LogP contribution in [0.25, 0.3) is 0 Å². The number of aliphatic hydroxyl groups is 1. The molecule has 0 aromatic rings. The second-order valence-electron chi connectivity index (χ2n) is 5.96. The lowest BCUT2D eigenvalue weighted by atomic mass is 9.80. The van der Waals surface area contributed by atoms with Gasteiger partial charge in [0.05, 0.1) is 12.0 Å². The lowest BCUT2D eigenvalue weighted by molar-refractivity contribution is -0.144. The third-order valence-electron chi connectivity index (χ3n) is 4.75. The first-order valence-corrected chi connectivity index (χ1v) is 6.72. The Labute approximate surface area is 117 Å². The number of rotatable bonds is 0. The van der Waals surface area contributed by atoms with Crippen molar-refractivity contribution in [3.8, 4) is 0 Å². The van der Waals surface area contributed by atoms with Gasteiger partial charge in [0, 0.05) is 17.4 Å². The fourth-order valence-corrected chi connectivity index (χ4v) is 3.82. The van der Waals surface area contributed by atoms with Gasteiger partial charge in [0.25, 0.3) is 0 Å². The first-order valence-electron chi connectivity index (χ1n) is 6.72. The molecule has 3 N–H and O–H groups in total. The Morgan fingerprint density at radius 3 is 2.60 bits per heavy atom. The molecule has 2 aliphatic carbocycles. The fourth-order valence-electron chi connectivity index (χ4n) is 3.82. The highest BCUT2D eigenvalue weighted by Crippen LogP contribution is 2.47. The van der Waals surface area contributed by atoms with Crippen molar-refractivity contribution in [2.45, 2.75) is 39.4 Å². The van der Waals surface area contributed by atoms with Crippen molar-refractivity contribution in [2.24, 2.45) is 17.8 Å². The molecule has 0 bridgehead atoms. The van der Waals surface area contributed by atoms with Gasteiger partial charge in [0.2, 0.25) is 0 Å². The van der Waals surface area contributed by atoms with E-state index in [-0.39, 0.29) is 35.0 Å². The van der Waals surface area contributed by atoms with E-state index in [0.717, 1.165) is 16.7 Å². The van der Waals surface area contributed by atoms with Gasteiger partial charge in [-0.15, -0.1) is 0 Å². The number of esters is 1. The van der Waals surface area contributed by atoms with Crippen LogP contribution in [0.2, 0.25) is 0 Å². The van der Waals surface area contributed by atoms with Gasteiger partial charge in [-0.1, -0.05) is 18.1 Å². The number of ketones is 1. The molecule has 0 spiro atoms. The second-order valence-corrected chi connectivity index (χ2v) is 5.96. The zero-order valence-corrected chi connectivity index (χ0v) is 11.8. The predicted octanol–water partition coefficient (Wildman–Crippen LogP) is 0.566. The van der Waals surface area contributed by atoms with E-state index in [2.05, 4.69) is 0 Å². The van der Waals surface area contributed by atoms with Gasteiger partial charge in [-0.2, -0.15) is 0 Å². The van der Waals surface area contributed by atoms with Crippen LogP contribution in [0.3, 0.4) is 0 Å². The SMILES string of the molecule is CC1=CC(=O)C2=C(C)CC(O)C3C(C)C(=O)OC3C12.O. The van der Waals surface area contributed by atoms with E-state index in [4.69, 9.17) is 4.74 Å². The van der Waals surface area contributed by atoms with Gasteiger partial charge in [-0.3, -0.25) is 9.59 Å². The molecule has 0 amide bonds. The van der Waals surface area contributed by atoms with Crippen molar-refractivity contribution in [1.82, 2.24) is 0 Å². The smallest absolute Gasteiger partial charge is 0.309 e. The number of allylic oxidation sites excluding steroid dienone is 1. The molecule has 110 valence electrons. The lowest BCUT2D eigenvalue weighted by Gasteiger charge is -2.26. The van der Waals surface area contributed by atoms with E-state index in [1.807, 2.05) is 13.8 Å². The summed E-state index contributed by atoms with van der Waals surface area (Å²) in [6.45, 7) is 5.59. The number of carbonyl (C=O) groups is 2. The minimum absolute atomic E-state index is 0. The first-order chi connectivity index (χ1) is 8.91. The van der Waals surface area contributed by atoms with Crippen LogP contribution in [-0.2, 0) is 14.3 Å². The summed E-state index contributed by atoms with van der Waals surface area (Å²) in [6.07, 6.45) is 1.06. The molecule has 20 heavy (non-hydrogen) atoms. The minimum Gasteiger partial charge on any atom is -0.461 e. The number of hydrogen-bond acceptors (Lipinski definition) is 4. The summed E-state index contributed by atoms with van der Waals surface area (Å²) in [5, 5.41) is 10.3. The zero-order chi connectivity index (χ0) is 13.9. The molecular formula is C15H20O5. The average molecular weight is 280 g/mol. The average Bonchev–Trinajstić information content (AvgIpc) is 2.72. The number of ether oxygens (including phenoxy) is 1. The molecule has 5 heteroatoms. The second kappa shape index (κ2) is 4.82. The maximum Gasteiger partial charge on any atom is 0.309 e. The third-order valence-corrected chi connectivity index (χ3v) is 4.75. The topological polar surface area (TPSA) is 95.1 Å². The molecule has 5 nitrogen and oxygen atoms in total. The lowest BCUT2D eigenvalue weighted by Crippen LogP contribution is -2.35. The molecule has 3 rings (SSSR count). The standard InChI is InChI=1S/C15H18O4.H2O/c1-6-4-10(17)13-8(3)15(18)19-14(13)12-7(2)5-9(16)11(6)12;/h5,8,10,12-14,17H,4H2,1-3H3;1H2. The van der Waals surface area contributed by atoms with E-state index in [1.165, 1.54) is 0 Å². The van der Waals surface area contributed by atoms with Crippen LogP contribution in [0.15, 0.2) is 22.8 Å². The maximum atomic E-state index is 12.1. The Balaban J connectivity index is 0.00000147. The van der Waals surface area contributed by atoms with Crippen LogP contribution in [0, 0.1) is 17.8 Å². The fraction of sp³-hybridized carbons (Fsp3) is 0.600. The summed E-state index contributed by atoms with van der Waals surface area (Å²) >= 11 is 0. The van der Waals surface area contributed by atoms with Crippen LogP contribution < -0.4 is 0 Å². The maximum absolute atomic E-state index is 12.1. The molecule has 1 aliphatic heterocycles. The Bertz CT molecular complexity index is 530. The van der Waals surface area contributed by atoms with Gasteiger partial charge in [0.1, 0.15) is 6.10 Å². The highest BCUT2D eigenvalue weighted by Gasteiger charge is 2.53. The summed E-state index contributed by atoms with van der Waals surface area (Å²) in [6, 6.07) is 0. The van der Waals surface area contributed by atoms with Gasteiger partial charge in [-0.05, 0) is 26.3 Å². The molecule has 0 saturated carbocycles. The van der Waals surface area contributed by atoms with Crippen molar-refractivity contribution < 1.29 is 24.9 Å². The van der Waals surface area contributed by atoms with E-state index >= 15 is 0 Å². The van der Waals surface area contributed by atoms with Gasteiger partial charge in [-0.25, -0.2) is 0 Å². The normalized spacial score (nSPS) is 39.6. The highest BCUT2D eigenvalue weighted by molar-refractivity contribution is 6.09. The number of hydrogen-bond donors (Lipinski definition) is 1.